The number of benzene rings is 1. The number of carbonyl (C=O) groups is 1. The van der Waals surface area contributed by atoms with E-state index in [-0.39, 0.29) is 11.9 Å². The summed E-state index contributed by atoms with van der Waals surface area (Å²) in [5, 5.41) is 2.80. The largest absolute Gasteiger partial charge is 0.345 e. The van der Waals surface area contributed by atoms with E-state index in [0.717, 1.165) is 16.9 Å². The van der Waals surface area contributed by atoms with Crippen LogP contribution in [0.3, 0.4) is 0 Å². The summed E-state index contributed by atoms with van der Waals surface area (Å²) in [6.07, 6.45) is 0. The summed E-state index contributed by atoms with van der Waals surface area (Å²) in [6.45, 7) is 3.53. The van der Waals surface area contributed by atoms with Gasteiger partial charge in [-0.15, -0.1) is 0 Å². The van der Waals surface area contributed by atoms with Crippen molar-refractivity contribution in [3.8, 4) is 0 Å². The fourth-order valence-corrected chi connectivity index (χ4v) is 1.59. The van der Waals surface area contributed by atoms with Crippen LogP contribution in [0.1, 0.15) is 25.7 Å². The quantitative estimate of drug-likeness (QED) is 0.740. The smallest absolute Gasteiger partial charge is 0.237 e. The van der Waals surface area contributed by atoms with Gasteiger partial charge in [-0.2, -0.15) is 0 Å². The Balaban J connectivity index is 2.19. The number of hydrogen-bond donors (Lipinski definition) is 3. The maximum atomic E-state index is 11.5. The SMILES string of the molecule is CC(NC(=O)[C@H](C)N)c1nc2ccccc2[nH]1. The lowest BCUT2D eigenvalue weighted by Gasteiger charge is -2.13. The molecule has 0 saturated heterocycles. The number of nitrogens with two attached hydrogens (primary N) is 1. The maximum Gasteiger partial charge on any atom is 0.237 e. The van der Waals surface area contributed by atoms with Crippen molar-refractivity contribution < 1.29 is 4.79 Å². The van der Waals surface area contributed by atoms with Crippen molar-refractivity contribution in [2.45, 2.75) is 25.9 Å². The number of amides is 1. The highest BCUT2D eigenvalue weighted by Gasteiger charge is 2.15. The summed E-state index contributed by atoms with van der Waals surface area (Å²) in [7, 11) is 0. The lowest BCUT2D eigenvalue weighted by Crippen LogP contribution is -2.39. The van der Waals surface area contributed by atoms with Crippen LogP contribution in [0.5, 0.6) is 0 Å². The predicted molar refractivity (Wildman–Crippen MR) is 66.3 cm³/mol. The van der Waals surface area contributed by atoms with Crippen LogP contribution in [0.4, 0.5) is 0 Å². The van der Waals surface area contributed by atoms with Gasteiger partial charge in [-0.3, -0.25) is 4.79 Å². The first-order valence-corrected chi connectivity index (χ1v) is 5.58. The van der Waals surface area contributed by atoms with Gasteiger partial charge < -0.3 is 16.0 Å². The Kier molecular flexibility index (Phi) is 3.10. The van der Waals surface area contributed by atoms with Crippen molar-refractivity contribution in [3.05, 3.63) is 30.1 Å². The minimum atomic E-state index is -0.512. The van der Waals surface area contributed by atoms with Crippen LogP contribution in [0.2, 0.25) is 0 Å². The molecule has 0 aliphatic carbocycles. The van der Waals surface area contributed by atoms with E-state index < -0.39 is 6.04 Å². The van der Waals surface area contributed by atoms with Gasteiger partial charge in [0.15, 0.2) is 0 Å². The van der Waals surface area contributed by atoms with Crippen LogP contribution < -0.4 is 11.1 Å². The molecule has 5 heteroatoms. The van der Waals surface area contributed by atoms with E-state index in [1.807, 2.05) is 31.2 Å². The second kappa shape index (κ2) is 4.55. The zero-order valence-electron chi connectivity index (χ0n) is 9.90. The fraction of sp³-hybridized carbons (Fsp3) is 0.333. The fourth-order valence-electron chi connectivity index (χ4n) is 1.59. The lowest BCUT2D eigenvalue weighted by atomic mass is 10.2. The second-order valence-electron chi connectivity index (χ2n) is 4.16. The van der Waals surface area contributed by atoms with E-state index in [1.54, 1.807) is 6.92 Å². The normalized spacial score (nSPS) is 14.5. The van der Waals surface area contributed by atoms with Gasteiger partial charge in [0, 0.05) is 0 Å². The number of nitrogens with zero attached hydrogens (tertiary/aromatic N) is 1. The first-order valence-electron chi connectivity index (χ1n) is 5.58. The molecule has 90 valence electrons. The highest BCUT2D eigenvalue weighted by atomic mass is 16.2. The molecule has 2 rings (SSSR count). The average molecular weight is 232 g/mol. The number of carbonyl (C=O) groups excluding carboxylic acids is 1. The maximum absolute atomic E-state index is 11.5. The van der Waals surface area contributed by atoms with Crippen LogP contribution in [0.15, 0.2) is 24.3 Å². The molecule has 1 aromatic heterocycles. The molecule has 0 aliphatic heterocycles. The van der Waals surface area contributed by atoms with Crippen LogP contribution in [0.25, 0.3) is 11.0 Å². The van der Waals surface area contributed by atoms with Gasteiger partial charge in [0.1, 0.15) is 5.82 Å². The summed E-state index contributed by atoms with van der Waals surface area (Å²) in [4.78, 5) is 19.1. The highest BCUT2D eigenvalue weighted by Crippen LogP contribution is 2.15. The standard InChI is InChI=1S/C12H16N4O/c1-7(13)12(17)14-8(2)11-15-9-5-3-4-6-10(9)16-11/h3-8H,13H2,1-2H3,(H,14,17)(H,15,16)/t7-,8?/m0/s1. The number of para-hydroxylation sites is 2. The molecular formula is C12H16N4O. The van der Waals surface area contributed by atoms with E-state index in [1.165, 1.54) is 0 Å². The number of hydrogen-bond acceptors (Lipinski definition) is 3. The van der Waals surface area contributed by atoms with Gasteiger partial charge in [0.05, 0.1) is 23.1 Å². The summed E-state index contributed by atoms with van der Waals surface area (Å²) >= 11 is 0. The molecule has 5 nitrogen and oxygen atoms in total. The molecule has 1 amide bonds. The van der Waals surface area contributed by atoms with E-state index in [0.29, 0.717) is 0 Å². The highest BCUT2D eigenvalue weighted by molar-refractivity contribution is 5.81. The summed E-state index contributed by atoms with van der Waals surface area (Å²) in [6, 6.07) is 7.05. The average Bonchev–Trinajstić information content (AvgIpc) is 2.72. The number of rotatable bonds is 3. The monoisotopic (exact) mass is 232 g/mol. The summed E-state index contributed by atoms with van der Waals surface area (Å²) in [5.74, 6) is 0.554. The van der Waals surface area contributed by atoms with Crippen LogP contribution in [-0.4, -0.2) is 21.9 Å². The van der Waals surface area contributed by atoms with Crippen molar-refractivity contribution in [2.75, 3.05) is 0 Å². The van der Waals surface area contributed by atoms with Crippen LogP contribution in [0, 0.1) is 0 Å². The molecule has 0 saturated carbocycles. The van der Waals surface area contributed by atoms with E-state index in [9.17, 15) is 4.79 Å². The van der Waals surface area contributed by atoms with Gasteiger partial charge in [0.2, 0.25) is 5.91 Å². The number of nitrogens with one attached hydrogen (secondary N) is 2. The van der Waals surface area contributed by atoms with Crippen LogP contribution >= 0.6 is 0 Å². The molecule has 2 aromatic rings. The molecule has 1 aromatic carbocycles. The summed E-state index contributed by atoms with van der Waals surface area (Å²) < 4.78 is 0. The van der Waals surface area contributed by atoms with Crippen molar-refractivity contribution in [2.24, 2.45) is 5.73 Å². The zero-order chi connectivity index (χ0) is 12.4. The molecule has 0 radical (unpaired) electrons. The van der Waals surface area contributed by atoms with E-state index >= 15 is 0 Å². The van der Waals surface area contributed by atoms with E-state index in [2.05, 4.69) is 15.3 Å². The third kappa shape index (κ3) is 2.45. The van der Waals surface area contributed by atoms with Crippen molar-refractivity contribution in [1.82, 2.24) is 15.3 Å². The zero-order valence-corrected chi connectivity index (χ0v) is 9.90. The predicted octanol–water partition coefficient (Wildman–Crippen LogP) is 1.09. The molecule has 0 fully saturated rings. The molecule has 4 N–H and O–H groups in total. The van der Waals surface area contributed by atoms with Gasteiger partial charge in [-0.05, 0) is 26.0 Å². The Bertz CT molecular complexity index is 499. The molecule has 0 aliphatic rings. The number of aromatic nitrogens is 2. The molecule has 1 unspecified atom stereocenters. The van der Waals surface area contributed by atoms with Gasteiger partial charge in [-0.1, -0.05) is 12.1 Å². The minimum absolute atomic E-state index is 0.180. The Hall–Kier alpha value is -1.88. The van der Waals surface area contributed by atoms with Crippen molar-refractivity contribution >= 4 is 16.9 Å². The number of fused-ring (bicyclic) bond motifs is 1. The number of aromatic amines is 1. The Morgan fingerprint density at radius 1 is 1.41 bits per heavy atom. The molecular weight excluding hydrogens is 216 g/mol. The Labute approximate surface area is 99.4 Å². The molecule has 17 heavy (non-hydrogen) atoms. The molecule has 1 heterocycles. The van der Waals surface area contributed by atoms with Crippen LogP contribution in [-0.2, 0) is 4.79 Å². The third-order valence-corrected chi connectivity index (χ3v) is 2.59. The topological polar surface area (TPSA) is 83.8 Å². The Morgan fingerprint density at radius 2 is 2.12 bits per heavy atom. The van der Waals surface area contributed by atoms with Crippen molar-refractivity contribution in [3.63, 3.8) is 0 Å². The lowest BCUT2D eigenvalue weighted by molar-refractivity contribution is -0.122. The molecule has 2 atom stereocenters. The van der Waals surface area contributed by atoms with Gasteiger partial charge >= 0.3 is 0 Å². The molecule has 0 spiro atoms. The third-order valence-electron chi connectivity index (χ3n) is 2.59. The first-order chi connectivity index (χ1) is 8.08. The number of imidazole rings is 1. The van der Waals surface area contributed by atoms with Gasteiger partial charge in [0.25, 0.3) is 0 Å². The second-order valence-corrected chi connectivity index (χ2v) is 4.16. The first kappa shape index (κ1) is 11.6. The number of H-pyrrole nitrogens is 1. The minimum Gasteiger partial charge on any atom is -0.345 e. The molecule has 0 bridgehead atoms. The van der Waals surface area contributed by atoms with Crippen molar-refractivity contribution in [1.29, 1.82) is 0 Å². The van der Waals surface area contributed by atoms with E-state index in [4.69, 9.17) is 5.73 Å². The van der Waals surface area contributed by atoms with Gasteiger partial charge in [-0.25, -0.2) is 4.98 Å². The Morgan fingerprint density at radius 3 is 2.76 bits per heavy atom. The summed E-state index contributed by atoms with van der Waals surface area (Å²) in [5.41, 5.74) is 7.35.